The zero-order chi connectivity index (χ0) is 10.6. The van der Waals surface area contributed by atoms with Crippen LogP contribution in [0.4, 0.5) is 0 Å². The van der Waals surface area contributed by atoms with E-state index in [1.807, 2.05) is 4.90 Å². The van der Waals surface area contributed by atoms with E-state index in [1.54, 1.807) is 19.5 Å². The van der Waals surface area contributed by atoms with Crippen molar-refractivity contribution in [3.05, 3.63) is 11.8 Å². The number of nitrogens with zero attached hydrogens (tertiary/aromatic N) is 2. The van der Waals surface area contributed by atoms with E-state index in [9.17, 15) is 4.79 Å². The minimum absolute atomic E-state index is 0.269. The van der Waals surface area contributed by atoms with Crippen molar-refractivity contribution in [1.82, 2.24) is 4.90 Å². The van der Waals surface area contributed by atoms with E-state index in [1.165, 1.54) is 0 Å². The Morgan fingerprint density at radius 3 is 3.00 bits per heavy atom. The second kappa shape index (κ2) is 4.79. The van der Waals surface area contributed by atoms with Gasteiger partial charge in [0.25, 0.3) is 0 Å². The SMILES string of the molecule is CCOC(=O)C1=CN=CN(C(C)C)C1. The Labute approximate surface area is 84.3 Å². The average Bonchev–Trinajstić information content (AvgIpc) is 2.18. The molecule has 0 radical (unpaired) electrons. The fourth-order valence-electron chi connectivity index (χ4n) is 1.14. The van der Waals surface area contributed by atoms with Gasteiger partial charge in [-0.2, -0.15) is 0 Å². The van der Waals surface area contributed by atoms with Gasteiger partial charge in [-0.1, -0.05) is 0 Å². The number of hydrogen-bond acceptors (Lipinski definition) is 4. The molecule has 4 nitrogen and oxygen atoms in total. The van der Waals surface area contributed by atoms with Gasteiger partial charge in [-0.25, -0.2) is 9.79 Å². The minimum Gasteiger partial charge on any atom is -0.463 e. The van der Waals surface area contributed by atoms with Crippen LogP contribution in [0.1, 0.15) is 20.8 Å². The summed E-state index contributed by atoms with van der Waals surface area (Å²) < 4.78 is 4.90. The number of carbonyl (C=O) groups excluding carboxylic acids is 1. The van der Waals surface area contributed by atoms with E-state index >= 15 is 0 Å². The Morgan fingerprint density at radius 2 is 2.43 bits per heavy atom. The molecule has 0 spiro atoms. The maximum absolute atomic E-state index is 11.4. The molecule has 0 saturated carbocycles. The van der Waals surface area contributed by atoms with Crippen LogP contribution in [0.3, 0.4) is 0 Å². The molecule has 0 bridgehead atoms. The molecule has 0 unspecified atom stereocenters. The zero-order valence-corrected chi connectivity index (χ0v) is 8.86. The van der Waals surface area contributed by atoms with Gasteiger partial charge in [-0.3, -0.25) is 0 Å². The molecule has 0 aromatic rings. The summed E-state index contributed by atoms with van der Waals surface area (Å²) in [4.78, 5) is 17.4. The first-order valence-electron chi connectivity index (χ1n) is 4.80. The van der Waals surface area contributed by atoms with Gasteiger partial charge in [-0.15, -0.1) is 0 Å². The summed E-state index contributed by atoms with van der Waals surface area (Å²) in [6.07, 6.45) is 3.31. The Hall–Kier alpha value is -1.32. The smallest absolute Gasteiger partial charge is 0.337 e. The second-order valence-corrected chi connectivity index (χ2v) is 3.41. The van der Waals surface area contributed by atoms with Crippen molar-refractivity contribution in [2.75, 3.05) is 13.2 Å². The first kappa shape index (κ1) is 10.8. The Bertz CT molecular complexity index is 269. The van der Waals surface area contributed by atoms with Gasteiger partial charge in [0, 0.05) is 12.2 Å². The molecular weight excluding hydrogens is 180 g/mol. The fourth-order valence-corrected chi connectivity index (χ4v) is 1.14. The van der Waals surface area contributed by atoms with Crippen LogP contribution in [0.2, 0.25) is 0 Å². The molecular formula is C10H16N2O2. The van der Waals surface area contributed by atoms with Crippen LogP contribution in [-0.2, 0) is 9.53 Å². The first-order chi connectivity index (χ1) is 6.65. The lowest BCUT2D eigenvalue weighted by Crippen LogP contribution is -2.35. The van der Waals surface area contributed by atoms with Crippen LogP contribution in [0.5, 0.6) is 0 Å². The third kappa shape index (κ3) is 2.58. The highest BCUT2D eigenvalue weighted by Crippen LogP contribution is 2.08. The number of rotatable bonds is 3. The van der Waals surface area contributed by atoms with Crippen molar-refractivity contribution in [3.63, 3.8) is 0 Å². The summed E-state index contributed by atoms with van der Waals surface area (Å²) in [6, 6.07) is 0.344. The molecule has 0 atom stereocenters. The molecule has 0 aromatic carbocycles. The second-order valence-electron chi connectivity index (χ2n) is 3.41. The van der Waals surface area contributed by atoms with Crippen molar-refractivity contribution in [1.29, 1.82) is 0 Å². The highest BCUT2D eigenvalue weighted by molar-refractivity contribution is 5.90. The van der Waals surface area contributed by atoms with Gasteiger partial charge in [0.2, 0.25) is 0 Å². The Morgan fingerprint density at radius 1 is 1.71 bits per heavy atom. The fraction of sp³-hybridized carbons (Fsp3) is 0.600. The lowest BCUT2D eigenvalue weighted by Gasteiger charge is -2.26. The average molecular weight is 196 g/mol. The maximum atomic E-state index is 11.4. The molecule has 1 aliphatic rings. The highest BCUT2D eigenvalue weighted by Gasteiger charge is 2.17. The third-order valence-corrected chi connectivity index (χ3v) is 2.00. The lowest BCUT2D eigenvalue weighted by molar-refractivity contribution is -0.138. The molecule has 1 rings (SSSR count). The maximum Gasteiger partial charge on any atom is 0.337 e. The van der Waals surface area contributed by atoms with Crippen LogP contribution < -0.4 is 0 Å². The van der Waals surface area contributed by atoms with Gasteiger partial charge in [0.15, 0.2) is 0 Å². The van der Waals surface area contributed by atoms with Crippen LogP contribution in [0.15, 0.2) is 16.8 Å². The number of ether oxygens (including phenoxy) is 1. The topological polar surface area (TPSA) is 41.9 Å². The van der Waals surface area contributed by atoms with Crippen LogP contribution in [0, 0.1) is 0 Å². The number of aliphatic imine (C=N–C) groups is 1. The van der Waals surface area contributed by atoms with E-state index in [2.05, 4.69) is 18.8 Å². The van der Waals surface area contributed by atoms with Crippen molar-refractivity contribution in [3.8, 4) is 0 Å². The molecule has 0 amide bonds. The molecule has 0 aromatic heterocycles. The number of carbonyl (C=O) groups is 1. The van der Waals surface area contributed by atoms with Gasteiger partial charge in [-0.05, 0) is 20.8 Å². The van der Waals surface area contributed by atoms with Gasteiger partial charge in [0.1, 0.15) is 0 Å². The van der Waals surface area contributed by atoms with Crippen molar-refractivity contribution < 1.29 is 9.53 Å². The molecule has 0 fully saturated rings. The van der Waals surface area contributed by atoms with E-state index < -0.39 is 0 Å². The van der Waals surface area contributed by atoms with E-state index in [0.717, 1.165) is 0 Å². The van der Waals surface area contributed by atoms with Crippen LogP contribution in [-0.4, -0.2) is 36.4 Å². The number of esters is 1. The van der Waals surface area contributed by atoms with Crippen LogP contribution in [0.25, 0.3) is 0 Å². The van der Waals surface area contributed by atoms with E-state index in [-0.39, 0.29) is 5.97 Å². The van der Waals surface area contributed by atoms with Gasteiger partial charge in [0.05, 0.1) is 25.1 Å². The monoisotopic (exact) mass is 196 g/mol. The minimum atomic E-state index is -0.269. The van der Waals surface area contributed by atoms with Crippen molar-refractivity contribution in [2.24, 2.45) is 4.99 Å². The summed E-state index contributed by atoms with van der Waals surface area (Å²) >= 11 is 0. The molecule has 1 aliphatic heterocycles. The predicted molar refractivity (Wildman–Crippen MR) is 55.1 cm³/mol. The molecule has 0 saturated heterocycles. The molecule has 4 heteroatoms. The standard InChI is InChI=1S/C10H16N2O2/c1-4-14-10(13)9-5-11-7-12(6-9)8(2)3/h5,7-8H,4,6H2,1-3H3. The van der Waals surface area contributed by atoms with Crippen molar-refractivity contribution >= 4 is 12.3 Å². The molecule has 1 heterocycles. The molecule has 0 N–H and O–H groups in total. The Balaban J connectivity index is 2.60. The highest BCUT2D eigenvalue weighted by atomic mass is 16.5. The predicted octanol–water partition coefficient (Wildman–Crippen LogP) is 1.19. The zero-order valence-electron chi connectivity index (χ0n) is 8.86. The normalized spacial score (nSPS) is 15.7. The quantitative estimate of drug-likeness (QED) is 0.637. The molecule has 78 valence electrons. The van der Waals surface area contributed by atoms with Gasteiger partial charge < -0.3 is 9.64 Å². The Kier molecular flexibility index (Phi) is 3.68. The summed E-state index contributed by atoms with van der Waals surface area (Å²) in [6.45, 7) is 6.90. The molecule has 0 aliphatic carbocycles. The lowest BCUT2D eigenvalue weighted by atomic mass is 10.2. The van der Waals surface area contributed by atoms with Crippen molar-refractivity contribution in [2.45, 2.75) is 26.8 Å². The third-order valence-electron chi connectivity index (χ3n) is 2.00. The summed E-state index contributed by atoms with van der Waals surface area (Å²) in [5.74, 6) is -0.269. The first-order valence-corrected chi connectivity index (χ1v) is 4.80. The molecule has 14 heavy (non-hydrogen) atoms. The largest absolute Gasteiger partial charge is 0.463 e. The summed E-state index contributed by atoms with van der Waals surface area (Å²) in [5, 5.41) is 0. The van der Waals surface area contributed by atoms with E-state index in [0.29, 0.717) is 24.8 Å². The summed E-state index contributed by atoms with van der Waals surface area (Å²) in [5.41, 5.74) is 0.614. The van der Waals surface area contributed by atoms with E-state index in [4.69, 9.17) is 4.74 Å². The van der Waals surface area contributed by atoms with Crippen LogP contribution >= 0.6 is 0 Å². The number of hydrogen-bond donors (Lipinski definition) is 0. The van der Waals surface area contributed by atoms with Gasteiger partial charge >= 0.3 is 5.97 Å². The summed E-state index contributed by atoms with van der Waals surface area (Å²) in [7, 11) is 0.